The van der Waals surface area contributed by atoms with Gasteiger partial charge in [0.2, 0.25) is 0 Å². The number of aliphatic carboxylic acids is 1. The van der Waals surface area contributed by atoms with Crippen molar-refractivity contribution in [2.45, 2.75) is 43.8 Å². The fourth-order valence-electron chi connectivity index (χ4n) is 2.07. The smallest absolute Gasteiger partial charge is 0.454 e. The highest BCUT2D eigenvalue weighted by Gasteiger charge is 2.73. The Morgan fingerprint density at radius 1 is 1.18 bits per heavy atom. The van der Waals surface area contributed by atoms with Crippen molar-refractivity contribution in [3.05, 3.63) is 0 Å². The van der Waals surface area contributed by atoms with Crippen LogP contribution in [0.25, 0.3) is 0 Å². The van der Waals surface area contributed by atoms with Gasteiger partial charge in [-0.25, -0.2) is 0 Å². The van der Waals surface area contributed by atoms with Gasteiger partial charge in [-0.2, -0.15) is 22.0 Å². The SMILES string of the molecule is NC1CCC(C(=O)O)(C(F)(F)C(F)(F)F)CC1. The molecule has 0 atom stereocenters. The van der Waals surface area contributed by atoms with E-state index < -0.39 is 42.4 Å². The first kappa shape index (κ1) is 14.1. The molecule has 0 heterocycles. The molecule has 0 aliphatic heterocycles. The monoisotopic (exact) mass is 261 g/mol. The molecule has 1 aliphatic carbocycles. The second-order valence-corrected chi connectivity index (χ2v) is 4.30. The van der Waals surface area contributed by atoms with Crippen LogP contribution >= 0.6 is 0 Å². The molecule has 1 fully saturated rings. The number of carboxylic acids is 1. The minimum Gasteiger partial charge on any atom is -0.481 e. The normalized spacial score (nSPS) is 31.3. The highest BCUT2D eigenvalue weighted by molar-refractivity contribution is 5.76. The quantitative estimate of drug-likeness (QED) is 0.749. The predicted molar refractivity (Wildman–Crippen MR) is 47.5 cm³/mol. The molecule has 0 radical (unpaired) electrons. The molecule has 0 spiro atoms. The fourth-order valence-corrected chi connectivity index (χ4v) is 2.07. The first-order valence-corrected chi connectivity index (χ1v) is 4.98. The molecule has 0 unspecified atom stereocenters. The Balaban J connectivity index is 3.14. The Morgan fingerprint density at radius 3 is 1.88 bits per heavy atom. The molecule has 17 heavy (non-hydrogen) atoms. The molecule has 100 valence electrons. The molecule has 0 saturated heterocycles. The van der Waals surface area contributed by atoms with Crippen LogP contribution in [0.1, 0.15) is 25.7 Å². The van der Waals surface area contributed by atoms with Gasteiger partial charge in [0.25, 0.3) is 0 Å². The lowest BCUT2D eigenvalue weighted by atomic mass is 9.68. The van der Waals surface area contributed by atoms with Gasteiger partial charge in [0.05, 0.1) is 0 Å². The molecule has 0 amide bonds. The highest BCUT2D eigenvalue weighted by atomic mass is 19.4. The van der Waals surface area contributed by atoms with Crippen molar-refractivity contribution in [3.8, 4) is 0 Å². The van der Waals surface area contributed by atoms with Crippen molar-refractivity contribution in [2.75, 3.05) is 0 Å². The number of hydrogen-bond acceptors (Lipinski definition) is 2. The Morgan fingerprint density at radius 2 is 1.59 bits per heavy atom. The van der Waals surface area contributed by atoms with E-state index in [1.807, 2.05) is 0 Å². The summed E-state index contributed by atoms with van der Waals surface area (Å²) in [7, 11) is 0. The van der Waals surface area contributed by atoms with Crippen LogP contribution in [0.15, 0.2) is 0 Å². The van der Waals surface area contributed by atoms with E-state index >= 15 is 0 Å². The summed E-state index contributed by atoms with van der Waals surface area (Å²) >= 11 is 0. The zero-order chi connectivity index (χ0) is 13.5. The largest absolute Gasteiger partial charge is 0.481 e. The van der Waals surface area contributed by atoms with Crippen LogP contribution in [0, 0.1) is 5.41 Å². The number of hydrogen-bond donors (Lipinski definition) is 2. The summed E-state index contributed by atoms with van der Waals surface area (Å²) in [6.07, 6.45) is -7.71. The van der Waals surface area contributed by atoms with E-state index in [4.69, 9.17) is 10.8 Å². The first-order valence-electron chi connectivity index (χ1n) is 4.98. The average molecular weight is 261 g/mol. The van der Waals surface area contributed by atoms with Crippen LogP contribution in [-0.4, -0.2) is 29.2 Å². The van der Waals surface area contributed by atoms with E-state index in [0.29, 0.717) is 0 Å². The van der Waals surface area contributed by atoms with E-state index in [1.165, 1.54) is 0 Å². The van der Waals surface area contributed by atoms with Crippen LogP contribution < -0.4 is 5.73 Å². The standard InChI is InChI=1S/C9H12F5NO2/c10-8(11,9(12,13)14)7(6(16)17)3-1-5(15)2-4-7/h5H,1-4,15H2,(H,16,17). The molecule has 3 nitrogen and oxygen atoms in total. The Bertz CT molecular complexity index is 307. The summed E-state index contributed by atoms with van der Waals surface area (Å²) in [5, 5.41) is 8.75. The lowest BCUT2D eigenvalue weighted by molar-refractivity contribution is -0.327. The second kappa shape index (κ2) is 4.08. The molecule has 1 saturated carbocycles. The third-order valence-corrected chi connectivity index (χ3v) is 3.25. The van der Waals surface area contributed by atoms with Crippen LogP contribution in [0.2, 0.25) is 0 Å². The summed E-state index contributed by atoms with van der Waals surface area (Å²) in [6, 6.07) is -0.522. The summed E-state index contributed by atoms with van der Waals surface area (Å²) < 4.78 is 63.4. The second-order valence-electron chi connectivity index (χ2n) is 4.30. The molecule has 0 aromatic rings. The third kappa shape index (κ3) is 2.10. The van der Waals surface area contributed by atoms with Gasteiger partial charge in [-0.3, -0.25) is 4.79 Å². The maximum absolute atomic E-state index is 13.3. The Labute approximate surface area is 93.8 Å². The molecular weight excluding hydrogens is 249 g/mol. The summed E-state index contributed by atoms with van der Waals surface area (Å²) in [5.74, 6) is -7.36. The molecule has 3 N–H and O–H groups in total. The third-order valence-electron chi connectivity index (χ3n) is 3.25. The highest BCUT2D eigenvalue weighted by Crippen LogP contribution is 2.55. The molecule has 1 aliphatic rings. The minimum absolute atomic E-state index is 0.155. The number of alkyl halides is 5. The van der Waals surface area contributed by atoms with Crippen LogP contribution in [-0.2, 0) is 4.79 Å². The number of rotatable bonds is 2. The van der Waals surface area contributed by atoms with Crippen molar-refractivity contribution in [2.24, 2.45) is 11.1 Å². The summed E-state index contributed by atoms with van der Waals surface area (Å²) in [5.41, 5.74) is 2.31. The number of carbonyl (C=O) groups is 1. The van der Waals surface area contributed by atoms with E-state index in [1.54, 1.807) is 0 Å². The lowest BCUT2D eigenvalue weighted by Gasteiger charge is -2.41. The molecule has 0 aromatic carbocycles. The summed E-state index contributed by atoms with van der Waals surface area (Å²) in [6.45, 7) is 0. The zero-order valence-electron chi connectivity index (χ0n) is 8.73. The maximum Gasteiger partial charge on any atom is 0.454 e. The number of halogens is 5. The molecule has 1 rings (SSSR count). The minimum atomic E-state index is -5.87. The number of carboxylic acid groups (broad SMARTS) is 1. The number of nitrogens with two attached hydrogens (primary N) is 1. The van der Waals surface area contributed by atoms with Gasteiger partial charge in [0.1, 0.15) is 5.41 Å². The lowest BCUT2D eigenvalue weighted by Crippen LogP contribution is -2.58. The van der Waals surface area contributed by atoms with Crippen molar-refractivity contribution in [3.63, 3.8) is 0 Å². The van der Waals surface area contributed by atoms with E-state index in [2.05, 4.69) is 0 Å². The predicted octanol–water partition coefficient (Wildman–Crippen LogP) is 2.16. The van der Waals surface area contributed by atoms with E-state index in [-0.39, 0.29) is 12.8 Å². The first-order chi connectivity index (χ1) is 7.54. The average Bonchev–Trinajstić information content (AvgIpc) is 2.16. The Hall–Kier alpha value is -0.920. The fraction of sp³-hybridized carbons (Fsp3) is 0.889. The van der Waals surface area contributed by atoms with Gasteiger partial charge in [-0.1, -0.05) is 0 Å². The molecule has 0 bridgehead atoms. The van der Waals surface area contributed by atoms with Gasteiger partial charge in [0, 0.05) is 6.04 Å². The van der Waals surface area contributed by atoms with Gasteiger partial charge < -0.3 is 10.8 Å². The van der Waals surface area contributed by atoms with Gasteiger partial charge in [-0.05, 0) is 25.7 Å². The summed E-state index contributed by atoms with van der Waals surface area (Å²) in [4.78, 5) is 10.9. The van der Waals surface area contributed by atoms with Crippen LogP contribution in [0.3, 0.4) is 0 Å². The molecule has 0 aromatic heterocycles. The maximum atomic E-state index is 13.3. The van der Waals surface area contributed by atoms with E-state index in [9.17, 15) is 26.7 Å². The van der Waals surface area contributed by atoms with Gasteiger partial charge in [-0.15, -0.1) is 0 Å². The molecule has 8 heteroatoms. The van der Waals surface area contributed by atoms with Crippen molar-refractivity contribution in [1.82, 2.24) is 0 Å². The van der Waals surface area contributed by atoms with Gasteiger partial charge in [0.15, 0.2) is 0 Å². The van der Waals surface area contributed by atoms with Crippen molar-refractivity contribution < 1.29 is 31.9 Å². The van der Waals surface area contributed by atoms with Crippen molar-refractivity contribution in [1.29, 1.82) is 0 Å². The van der Waals surface area contributed by atoms with Gasteiger partial charge >= 0.3 is 18.1 Å². The Kier molecular flexibility index (Phi) is 3.39. The molecular formula is C9H12F5NO2. The topological polar surface area (TPSA) is 63.3 Å². The van der Waals surface area contributed by atoms with Crippen LogP contribution in [0.4, 0.5) is 22.0 Å². The van der Waals surface area contributed by atoms with Crippen molar-refractivity contribution >= 4 is 5.97 Å². The zero-order valence-corrected chi connectivity index (χ0v) is 8.73. The van der Waals surface area contributed by atoms with Crippen LogP contribution in [0.5, 0.6) is 0 Å². The van der Waals surface area contributed by atoms with E-state index in [0.717, 1.165) is 0 Å².